The van der Waals surface area contributed by atoms with Gasteiger partial charge in [-0.2, -0.15) is 0 Å². The van der Waals surface area contributed by atoms with Gasteiger partial charge < -0.3 is 19.7 Å². The Bertz CT molecular complexity index is 1060. The maximum atomic E-state index is 12.4. The number of phenols is 1. The second-order valence-electron chi connectivity index (χ2n) is 7.52. The van der Waals surface area contributed by atoms with Gasteiger partial charge in [0.25, 0.3) is 0 Å². The van der Waals surface area contributed by atoms with Crippen molar-refractivity contribution in [2.24, 2.45) is 0 Å². The molecule has 0 bridgehead atoms. The van der Waals surface area contributed by atoms with Crippen LogP contribution in [-0.2, 0) is 18.1 Å². The summed E-state index contributed by atoms with van der Waals surface area (Å²) in [6, 6.07) is 2.19. The van der Waals surface area contributed by atoms with Gasteiger partial charge in [0.05, 0.1) is 26.8 Å². The summed E-state index contributed by atoms with van der Waals surface area (Å²) in [5, 5.41) is 23.5. The lowest BCUT2D eigenvalue weighted by molar-refractivity contribution is 0.0697. The molecule has 2 N–H and O–H groups in total. The molecule has 29 heavy (non-hydrogen) atoms. The summed E-state index contributed by atoms with van der Waals surface area (Å²) in [6.45, 7) is 0.460. The number of rotatable bonds is 8. The normalized spacial score (nSPS) is 14.2. The Labute approximate surface area is 185 Å². The Kier molecular flexibility index (Phi) is 5.92. The molecule has 154 valence electrons. The second-order valence-corrected chi connectivity index (χ2v) is 10.1. The van der Waals surface area contributed by atoms with E-state index in [-0.39, 0.29) is 5.75 Å². The lowest BCUT2D eigenvalue weighted by Crippen LogP contribution is -2.12. The van der Waals surface area contributed by atoms with Crippen LogP contribution in [0.3, 0.4) is 0 Å². The molecular formula is C20H22BrN3O3S2. The lowest BCUT2D eigenvalue weighted by atomic mass is 10.0. The van der Waals surface area contributed by atoms with E-state index in [2.05, 4.69) is 25.5 Å². The summed E-state index contributed by atoms with van der Waals surface area (Å²) in [5.41, 5.74) is 5.51. The van der Waals surface area contributed by atoms with Crippen molar-refractivity contribution in [3.63, 3.8) is 0 Å². The zero-order chi connectivity index (χ0) is 20.7. The number of halogens is 1. The van der Waals surface area contributed by atoms with Gasteiger partial charge in [-0.15, -0.1) is 23.1 Å². The van der Waals surface area contributed by atoms with E-state index < -0.39 is 5.97 Å². The maximum Gasteiger partial charge on any atom is 0.338 e. The highest BCUT2D eigenvalue weighted by Crippen LogP contribution is 2.46. The highest BCUT2D eigenvalue weighted by Gasteiger charge is 2.33. The number of aromatic carboxylic acids is 1. The highest BCUT2D eigenvalue weighted by molar-refractivity contribution is 9.10. The summed E-state index contributed by atoms with van der Waals surface area (Å²) >= 11 is 6.71. The minimum atomic E-state index is -0.944. The number of carboxylic acid groups (broad SMARTS) is 1. The molecule has 0 aliphatic heterocycles. The van der Waals surface area contributed by atoms with Crippen molar-refractivity contribution in [1.82, 2.24) is 14.5 Å². The van der Waals surface area contributed by atoms with Crippen LogP contribution in [0.4, 0.5) is 0 Å². The molecule has 0 saturated heterocycles. The van der Waals surface area contributed by atoms with Crippen LogP contribution in [0.25, 0.3) is 10.9 Å². The van der Waals surface area contributed by atoms with Crippen molar-refractivity contribution in [3.8, 4) is 5.75 Å². The molecule has 4 rings (SSSR count). The van der Waals surface area contributed by atoms with Crippen molar-refractivity contribution in [3.05, 3.63) is 43.9 Å². The molecule has 0 radical (unpaired) electrons. The van der Waals surface area contributed by atoms with Crippen molar-refractivity contribution in [2.45, 2.75) is 36.9 Å². The van der Waals surface area contributed by atoms with Crippen LogP contribution >= 0.6 is 39.0 Å². The molecular weight excluding hydrogens is 474 g/mol. The third kappa shape index (κ3) is 4.05. The zero-order valence-electron chi connectivity index (χ0n) is 16.2. The van der Waals surface area contributed by atoms with Crippen molar-refractivity contribution < 1.29 is 15.0 Å². The van der Waals surface area contributed by atoms with E-state index in [1.54, 1.807) is 23.1 Å². The van der Waals surface area contributed by atoms with Crippen LogP contribution in [-0.4, -0.2) is 44.7 Å². The second kappa shape index (κ2) is 8.29. The summed E-state index contributed by atoms with van der Waals surface area (Å²) in [4.78, 5) is 18.6. The predicted octanol–water partition coefficient (Wildman–Crippen LogP) is 5.09. The first-order valence-corrected chi connectivity index (χ1v) is 12.2. The number of carboxylic acids is 1. The van der Waals surface area contributed by atoms with Crippen LogP contribution in [0.5, 0.6) is 5.75 Å². The number of hydrogen-bond acceptors (Lipinski definition) is 6. The first kappa shape index (κ1) is 20.7. The van der Waals surface area contributed by atoms with Gasteiger partial charge in [-0.25, -0.2) is 9.78 Å². The minimum Gasteiger partial charge on any atom is -0.506 e. The topological polar surface area (TPSA) is 78.6 Å². The number of aromatic nitrogens is 2. The fourth-order valence-corrected chi connectivity index (χ4v) is 5.78. The van der Waals surface area contributed by atoms with Crippen LogP contribution < -0.4 is 0 Å². The molecule has 3 aromatic rings. The number of carbonyl (C=O) groups is 1. The molecule has 1 saturated carbocycles. The van der Waals surface area contributed by atoms with Gasteiger partial charge in [-0.3, -0.25) is 0 Å². The van der Waals surface area contributed by atoms with Gasteiger partial charge in [0, 0.05) is 46.1 Å². The van der Waals surface area contributed by atoms with E-state index >= 15 is 0 Å². The van der Waals surface area contributed by atoms with Crippen molar-refractivity contribution in [2.75, 3.05) is 14.1 Å². The van der Waals surface area contributed by atoms with Gasteiger partial charge >= 0.3 is 5.97 Å². The minimum absolute atomic E-state index is 0.114. The van der Waals surface area contributed by atoms with E-state index in [4.69, 9.17) is 0 Å². The molecule has 0 unspecified atom stereocenters. The summed E-state index contributed by atoms with van der Waals surface area (Å²) < 4.78 is 2.79. The van der Waals surface area contributed by atoms with Gasteiger partial charge in [-0.1, -0.05) is 0 Å². The Morgan fingerprint density at radius 1 is 1.41 bits per heavy atom. The molecule has 2 heterocycles. The number of thioether (sulfide) groups is 1. The number of thiazole rings is 1. The standard InChI is InChI=1S/C20H22BrN3O3S2/c1-23(2)6-13-17-15(5-14(21)19(13)25)24(12-3-4-12)16(18(17)20(26)27)9-28-7-11-8-29-10-22-11/h5,8,10,12,25H,3-4,6-7,9H2,1-2H3,(H,26,27). The lowest BCUT2D eigenvalue weighted by Gasteiger charge is -2.15. The Morgan fingerprint density at radius 2 is 2.17 bits per heavy atom. The monoisotopic (exact) mass is 495 g/mol. The third-order valence-corrected chi connectivity index (χ3v) is 7.21. The fourth-order valence-electron chi connectivity index (χ4n) is 3.71. The molecule has 6 nitrogen and oxygen atoms in total. The number of nitrogens with zero attached hydrogens (tertiary/aromatic N) is 3. The van der Waals surface area contributed by atoms with Gasteiger partial charge in [0.15, 0.2) is 0 Å². The molecule has 1 aliphatic carbocycles. The summed E-state index contributed by atoms with van der Waals surface area (Å²) in [7, 11) is 3.82. The molecule has 0 atom stereocenters. The molecule has 1 aliphatic rings. The maximum absolute atomic E-state index is 12.4. The SMILES string of the molecule is CN(C)Cc1c(O)c(Br)cc2c1c(C(=O)O)c(CSCc1cscn1)n2C1CC1. The van der Waals surface area contributed by atoms with Gasteiger partial charge in [0.2, 0.25) is 0 Å². The average Bonchev–Trinajstić information content (AvgIpc) is 3.24. The van der Waals surface area contributed by atoms with Crippen molar-refractivity contribution in [1.29, 1.82) is 0 Å². The molecule has 1 fully saturated rings. The van der Waals surface area contributed by atoms with Crippen LogP contribution in [0.1, 0.15) is 46.2 Å². The predicted molar refractivity (Wildman–Crippen MR) is 121 cm³/mol. The fraction of sp³-hybridized carbons (Fsp3) is 0.400. The molecule has 0 spiro atoms. The molecule has 2 aromatic heterocycles. The van der Waals surface area contributed by atoms with Gasteiger partial charge in [-0.05, 0) is 48.9 Å². The zero-order valence-corrected chi connectivity index (χ0v) is 19.4. The van der Waals surface area contributed by atoms with Crippen LogP contribution in [0.2, 0.25) is 0 Å². The van der Waals surface area contributed by atoms with Crippen LogP contribution in [0, 0.1) is 0 Å². The van der Waals surface area contributed by atoms with Crippen molar-refractivity contribution >= 4 is 55.9 Å². The number of aromatic hydroxyl groups is 1. The smallest absolute Gasteiger partial charge is 0.338 e. The molecule has 9 heteroatoms. The largest absolute Gasteiger partial charge is 0.506 e. The summed E-state index contributed by atoms with van der Waals surface area (Å²) in [6.07, 6.45) is 2.10. The van der Waals surface area contributed by atoms with E-state index in [1.807, 2.05) is 36.0 Å². The first-order chi connectivity index (χ1) is 13.9. The Hall–Kier alpha value is -1.55. The number of fused-ring (bicyclic) bond motifs is 1. The summed E-state index contributed by atoms with van der Waals surface area (Å²) in [5.74, 6) is 0.502. The number of hydrogen-bond donors (Lipinski definition) is 2. The number of phenolic OH excluding ortho intramolecular Hbond substituents is 1. The van der Waals surface area contributed by atoms with Crippen LogP contribution in [0.15, 0.2) is 21.4 Å². The quantitative estimate of drug-likeness (QED) is 0.452. The third-order valence-electron chi connectivity index (χ3n) is 4.99. The highest BCUT2D eigenvalue weighted by atomic mass is 79.9. The van der Waals surface area contributed by atoms with E-state index in [1.165, 1.54) is 0 Å². The number of benzene rings is 1. The first-order valence-electron chi connectivity index (χ1n) is 9.28. The van der Waals surface area contributed by atoms with E-state index in [0.717, 1.165) is 35.5 Å². The Balaban J connectivity index is 1.87. The van der Waals surface area contributed by atoms with E-state index in [0.29, 0.717) is 39.3 Å². The average molecular weight is 496 g/mol. The molecule has 1 aromatic carbocycles. The van der Waals surface area contributed by atoms with E-state index in [9.17, 15) is 15.0 Å². The molecule has 0 amide bonds. The van der Waals surface area contributed by atoms with Gasteiger partial charge in [0.1, 0.15) is 5.75 Å². The Morgan fingerprint density at radius 3 is 2.76 bits per heavy atom.